The first-order valence-electron chi connectivity index (χ1n) is 5.11. The minimum Gasteiger partial charge on any atom is -0.366 e. The van der Waals surface area contributed by atoms with Crippen molar-refractivity contribution < 1.29 is 13.2 Å². The fourth-order valence-corrected chi connectivity index (χ4v) is 4.36. The van der Waals surface area contributed by atoms with Crippen molar-refractivity contribution in [2.45, 2.75) is 4.21 Å². The Bertz CT molecular complexity index is 523. The van der Waals surface area contributed by atoms with E-state index in [1.54, 1.807) is 0 Å². The highest BCUT2D eigenvalue weighted by Gasteiger charge is 2.27. The lowest BCUT2D eigenvalue weighted by molar-refractivity contribution is 0.100. The molecule has 2 rings (SSSR count). The molecule has 9 heteroatoms. The van der Waals surface area contributed by atoms with Gasteiger partial charge in [-0.2, -0.15) is 4.31 Å². The first-order chi connectivity index (χ1) is 8.01. The van der Waals surface area contributed by atoms with Crippen LogP contribution in [-0.4, -0.2) is 44.8 Å². The third kappa shape index (κ3) is 3.01. The van der Waals surface area contributed by atoms with E-state index in [1.165, 1.54) is 15.8 Å². The summed E-state index contributed by atoms with van der Waals surface area (Å²) in [6.07, 6.45) is 0. The van der Waals surface area contributed by atoms with Crippen molar-refractivity contribution in [3.8, 4) is 0 Å². The van der Waals surface area contributed by atoms with E-state index in [0.29, 0.717) is 26.2 Å². The molecule has 6 nitrogen and oxygen atoms in total. The molecule has 3 N–H and O–H groups in total. The number of piperazine rings is 1. The molecule has 2 heterocycles. The van der Waals surface area contributed by atoms with Crippen LogP contribution in [0.3, 0.4) is 0 Å². The molecule has 0 aliphatic carbocycles. The van der Waals surface area contributed by atoms with Gasteiger partial charge in [0.15, 0.2) is 0 Å². The molecule has 0 aromatic carbocycles. The standard InChI is InChI=1S/C9H13N3O3S2.ClH/c10-9(13)7-5-8(16-6-7)17(14,15)12-3-1-11-2-4-12;/h5-6,11H,1-4H2,(H2,10,13);1H. The Hall–Kier alpha value is -0.670. The summed E-state index contributed by atoms with van der Waals surface area (Å²) in [6, 6.07) is 1.34. The number of halogens is 1. The van der Waals surface area contributed by atoms with Crippen molar-refractivity contribution in [2.24, 2.45) is 5.73 Å². The molecule has 18 heavy (non-hydrogen) atoms. The van der Waals surface area contributed by atoms with Crippen LogP contribution in [-0.2, 0) is 10.0 Å². The molecule has 1 aliphatic rings. The van der Waals surface area contributed by atoms with E-state index in [0.717, 1.165) is 11.3 Å². The van der Waals surface area contributed by atoms with Gasteiger partial charge < -0.3 is 11.1 Å². The maximum Gasteiger partial charge on any atom is 0.252 e. The van der Waals surface area contributed by atoms with Crippen LogP contribution in [0.1, 0.15) is 10.4 Å². The van der Waals surface area contributed by atoms with Crippen LogP contribution < -0.4 is 11.1 Å². The van der Waals surface area contributed by atoms with E-state index in [2.05, 4.69) is 5.32 Å². The molecular weight excluding hydrogens is 298 g/mol. The number of nitrogens with one attached hydrogen (secondary N) is 1. The number of primary amides is 1. The van der Waals surface area contributed by atoms with Crippen LogP contribution >= 0.6 is 23.7 Å². The normalized spacial score (nSPS) is 17.1. The van der Waals surface area contributed by atoms with Gasteiger partial charge in [0.25, 0.3) is 10.0 Å². The minimum absolute atomic E-state index is 0. The van der Waals surface area contributed by atoms with Crippen LogP contribution in [0.25, 0.3) is 0 Å². The van der Waals surface area contributed by atoms with Gasteiger partial charge in [-0.25, -0.2) is 8.42 Å². The van der Waals surface area contributed by atoms with Gasteiger partial charge >= 0.3 is 0 Å². The summed E-state index contributed by atoms with van der Waals surface area (Å²) < 4.78 is 26.0. The summed E-state index contributed by atoms with van der Waals surface area (Å²) in [4.78, 5) is 10.9. The molecule has 1 saturated heterocycles. The van der Waals surface area contributed by atoms with Crippen LogP contribution in [0.5, 0.6) is 0 Å². The molecular formula is C9H14ClN3O3S2. The highest BCUT2D eigenvalue weighted by molar-refractivity contribution is 7.91. The zero-order valence-electron chi connectivity index (χ0n) is 9.46. The van der Waals surface area contributed by atoms with E-state index in [-0.39, 0.29) is 22.2 Å². The van der Waals surface area contributed by atoms with E-state index in [1.807, 2.05) is 0 Å². The maximum atomic E-state index is 12.2. The number of amides is 1. The zero-order chi connectivity index (χ0) is 12.5. The third-order valence-corrected chi connectivity index (χ3v) is 5.84. The molecule has 0 atom stereocenters. The molecule has 0 saturated carbocycles. The monoisotopic (exact) mass is 311 g/mol. The molecule has 0 unspecified atom stereocenters. The van der Waals surface area contributed by atoms with E-state index in [4.69, 9.17) is 5.73 Å². The van der Waals surface area contributed by atoms with Gasteiger partial charge in [0, 0.05) is 31.6 Å². The topological polar surface area (TPSA) is 92.5 Å². The smallest absolute Gasteiger partial charge is 0.252 e. The predicted molar refractivity (Wildman–Crippen MR) is 71.7 cm³/mol. The Morgan fingerprint density at radius 2 is 2.00 bits per heavy atom. The SMILES string of the molecule is Cl.NC(=O)c1csc(S(=O)(=O)N2CCNCC2)c1. The molecule has 1 fully saturated rings. The minimum atomic E-state index is -3.47. The first kappa shape index (κ1) is 15.4. The predicted octanol–water partition coefficient (Wildman–Crippen LogP) is -0.137. The van der Waals surface area contributed by atoms with E-state index >= 15 is 0 Å². The van der Waals surface area contributed by atoms with Crippen molar-refractivity contribution >= 4 is 39.7 Å². The number of sulfonamides is 1. The van der Waals surface area contributed by atoms with Gasteiger partial charge in [0.2, 0.25) is 5.91 Å². The zero-order valence-corrected chi connectivity index (χ0v) is 11.9. The molecule has 0 radical (unpaired) electrons. The number of carbonyl (C=O) groups excluding carboxylic acids is 1. The molecule has 1 aromatic rings. The largest absolute Gasteiger partial charge is 0.366 e. The van der Waals surface area contributed by atoms with Gasteiger partial charge in [-0.3, -0.25) is 4.79 Å². The maximum absolute atomic E-state index is 12.2. The lowest BCUT2D eigenvalue weighted by Crippen LogP contribution is -2.46. The van der Waals surface area contributed by atoms with Gasteiger partial charge in [-0.15, -0.1) is 23.7 Å². The van der Waals surface area contributed by atoms with E-state index in [9.17, 15) is 13.2 Å². The molecule has 1 aliphatic heterocycles. The van der Waals surface area contributed by atoms with Crippen LogP contribution in [0.2, 0.25) is 0 Å². The second kappa shape index (κ2) is 5.98. The number of carbonyl (C=O) groups is 1. The van der Waals surface area contributed by atoms with E-state index < -0.39 is 15.9 Å². The summed E-state index contributed by atoms with van der Waals surface area (Å²) in [5.74, 6) is -0.608. The number of nitrogens with zero attached hydrogens (tertiary/aromatic N) is 1. The average molecular weight is 312 g/mol. The van der Waals surface area contributed by atoms with Crippen molar-refractivity contribution in [1.82, 2.24) is 9.62 Å². The fourth-order valence-electron chi connectivity index (χ4n) is 1.59. The average Bonchev–Trinajstić information content (AvgIpc) is 2.80. The summed E-state index contributed by atoms with van der Waals surface area (Å²) >= 11 is 1.03. The highest BCUT2D eigenvalue weighted by atomic mass is 35.5. The Balaban J connectivity index is 0.00000162. The Morgan fingerprint density at radius 3 is 2.50 bits per heavy atom. The molecule has 1 aromatic heterocycles. The van der Waals surface area contributed by atoms with Gasteiger partial charge in [-0.1, -0.05) is 0 Å². The third-order valence-electron chi connectivity index (χ3n) is 2.53. The Kier molecular flexibility index (Phi) is 5.11. The highest BCUT2D eigenvalue weighted by Crippen LogP contribution is 2.23. The Morgan fingerprint density at radius 1 is 1.39 bits per heavy atom. The van der Waals surface area contributed by atoms with Gasteiger partial charge in [0.1, 0.15) is 4.21 Å². The second-order valence-electron chi connectivity index (χ2n) is 3.67. The first-order valence-corrected chi connectivity index (χ1v) is 7.43. The number of hydrogen-bond acceptors (Lipinski definition) is 5. The molecule has 1 amide bonds. The van der Waals surface area contributed by atoms with Crippen molar-refractivity contribution in [3.05, 3.63) is 17.0 Å². The summed E-state index contributed by atoms with van der Waals surface area (Å²) in [7, 11) is -3.47. The van der Waals surface area contributed by atoms with Gasteiger partial charge in [0.05, 0.1) is 5.56 Å². The summed E-state index contributed by atoms with van der Waals surface area (Å²) in [5, 5.41) is 4.55. The summed E-state index contributed by atoms with van der Waals surface area (Å²) in [5.41, 5.74) is 5.34. The van der Waals surface area contributed by atoms with Crippen LogP contribution in [0.15, 0.2) is 15.7 Å². The second-order valence-corrected chi connectivity index (χ2v) is 6.75. The number of nitrogens with two attached hydrogens (primary N) is 1. The Labute approximate surface area is 116 Å². The summed E-state index contributed by atoms with van der Waals surface area (Å²) in [6.45, 7) is 2.19. The van der Waals surface area contributed by atoms with Crippen molar-refractivity contribution in [3.63, 3.8) is 0 Å². The molecule has 0 spiro atoms. The number of hydrogen-bond donors (Lipinski definition) is 2. The fraction of sp³-hybridized carbons (Fsp3) is 0.444. The molecule has 102 valence electrons. The van der Waals surface area contributed by atoms with Gasteiger partial charge in [-0.05, 0) is 6.07 Å². The van der Waals surface area contributed by atoms with Crippen LogP contribution in [0.4, 0.5) is 0 Å². The lowest BCUT2D eigenvalue weighted by Gasteiger charge is -2.25. The quantitative estimate of drug-likeness (QED) is 0.813. The van der Waals surface area contributed by atoms with Crippen molar-refractivity contribution in [2.75, 3.05) is 26.2 Å². The number of rotatable bonds is 3. The molecule has 0 bridgehead atoms. The van der Waals surface area contributed by atoms with Crippen molar-refractivity contribution in [1.29, 1.82) is 0 Å². The number of thiophene rings is 1. The van der Waals surface area contributed by atoms with Crippen LogP contribution in [0, 0.1) is 0 Å². The lowest BCUT2D eigenvalue weighted by atomic mass is 10.3.